The molecular formula is C82H147N10O30P. The average Bonchev–Trinajstić information content (AvgIpc) is 0.797. The van der Waals surface area contributed by atoms with Crippen molar-refractivity contribution in [3.8, 4) is 0 Å². The summed E-state index contributed by atoms with van der Waals surface area (Å²) in [5.41, 5.74) is 6.29. The summed E-state index contributed by atoms with van der Waals surface area (Å²) in [6, 6.07) is -3.20. The van der Waals surface area contributed by atoms with Crippen molar-refractivity contribution >= 4 is 60.8 Å². The van der Waals surface area contributed by atoms with Gasteiger partial charge in [0, 0.05) is 124 Å². The maximum atomic E-state index is 14.7. The number of piperidine rings is 1. The normalized spacial score (nSPS) is 27.2. The van der Waals surface area contributed by atoms with Crippen LogP contribution in [0, 0.1) is 23.2 Å². The molecule has 4 aliphatic heterocycles. The highest BCUT2D eigenvalue weighted by Crippen LogP contribution is 2.44. The predicted molar refractivity (Wildman–Crippen MR) is 445 cm³/mol. The second-order valence-electron chi connectivity index (χ2n) is 32.8. The second-order valence-corrected chi connectivity index (χ2v) is 34.3. The number of ether oxygens (including phenoxy) is 9. The molecule has 40 nitrogen and oxygen atoms in total. The van der Waals surface area contributed by atoms with Gasteiger partial charge in [-0.25, -0.2) is 4.57 Å². The van der Waals surface area contributed by atoms with Crippen LogP contribution in [0.5, 0.6) is 0 Å². The van der Waals surface area contributed by atoms with Crippen LogP contribution in [0.2, 0.25) is 0 Å². The third-order valence-electron chi connectivity index (χ3n) is 22.8. The Balaban J connectivity index is 1.15. The number of nitrogens with two attached hydrogens (primary N) is 1. The van der Waals surface area contributed by atoms with E-state index in [1.807, 2.05) is 0 Å². The van der Waals surface area contributed by atoms with Gasteiger partial charge >= 0.3 is 7.82 Å². The van der Waals surface area contributed by atoms with Crippen LogP contribution in [0.3, 0.4) is 0 Å². The zero-order chi connectivity index (χ0) is 90.1. The Labute approximate surface area is 722 Å². The van der Waals surface area contributed by atoms with Crippen LogP contribution in [0.15, 0.2) is 11.8 Å². The van der Waals surface area contributed by atoms with Crippen LogP contribution in [0.1, 0.15) is 213 Å². The summed E-state index contributed by atoms with van der Waals surface area (Å²) in [6.07, 6.45) is 4.38. The molecule has 5 rings (SSSR count). The van der Waals surface area contributed by atoms with Crippen LogP contribution in [-0.2, 0) is 94.6 Å². The highest BCUT2D eigenvalue weighted by atomic mass is 31.2. The third-order valence-corrected chi connectivity index (χ3v) is 23.7. The predicted octanol–water partition coefficient (Wildman–Crippen LogP) is 0.154. The first kappa shape index (κ1) is 108. The molecule has 0 radical (unpaired) electrons. The minimum absolute atomic E-state index is 0.00357. The van der Waals surface area contributed by atoms with Crippen LogP contribution in [0.25, 0.3) is 0 Å². The first-order valence-corrected chi connectivity index (χ1v) is 45.7. The van der Waals surface area contributed by atoms with E-state index in [1.165, 1.54) is 20.8 Å². The van der Waals surface area contributed by atoms with E-state index in [4.69, 9.17) is 58.3 Å². The average molecular weight is 1780 g/mol. The summed E-state index contributed by atoms with van der Waals surface area (Å²) in [5, 5.41) is 120. The standard InChI is InChI=1S/C82H147N10O30P/c1-54(96)88-69-75(106)72(103)62(47-93)120-79(69)116-40-20-12-9-17-35-85-65(99)32-43-113-51-82(52-114-44-33-66(100)86-36-18-10-13-21-41-117-80-70(89-55(2)97)76(107)73(104)63(48-94)121-80,53-115-45-34-67(101)87-37-19-11-14-22-42-118-81-71(90-56(3)98)77(108)74(105)64(49-95)122-81)91-78(109)58-30-38-92(39-31-58)68(102)27-16-8-6-5-7-15-26-61(84)60-25-23-24-57(28-29-59(60)46-83)50-119-123(110,111)112-4/h46,57-58,60,62-64,69-77,79-81,84,93-95,103-108H,5-45,47-53,83H2,1-4H3,(H,85,99)(H,86,100)(H,87,101)(H,88,96)(H,89,97)(H,90,98)(H,91,109)(H,110,111). The minimum Gasteiger partial charge on any atom is -0.405 e. The van der Waals surface area contributed by atoms with Gasteiger partial charge in [0.25, 0.3) is 0 Å². The largest absolute Gasteiger partial charge is 0.471 e. The van der Waals surface area contributed by atoms with Crippen LogP contribution >= 0.6 is 7.82 Å². The Morgan fingerprint density at radius 3 is 1.25 bits per heavy atom. The Hall–Kier alpha value is -5.64. The van der Waals surface area contributed by atoms with Gasteiger partial charge in [-0.3, -0.25) is 47.4 Å². The molecule has 5 aliphatic rings. The number of aliphatic hydroxyl groups excluding tert-OH is 9. The number of unbranched alkanes of at least 4 members (excludes halogenated alkanes) is 14. The first-order chi connectivity index (χ1) is 59.0. The van der Waals surface area contributed by atoms with Crippen molar-refractivity contribution in [2.24, 2.45) is 23.5 Å². The number of likely N-dealkylation sites (tertiary alicyclic amines) is 1. The van der Waals surface area contributed by atoms with E-state index in [0.29, 0.717) is 154 Å². The van der Waals surface area contributed by atoms with Crippen molar-refractivity contribution < 1.29 is 145 Å². The van der Waals surface area contributed by atoms with Gasteiger partial charge in [-0.15, -0.1) is 0 Å². The molecule has 0 bridgehead atoms. The molecule has 5 fully saturated rings. The van der Waals surface area contributed by atoms with Gasteiger partial charge in [0.05, 0.1) is 66.1 Å². The highest BCUT2D eigenvalue weighted by Gasteiger charge is 2.49. The van der Waals surface area contributed by atoms with Crippen molar-refractivity contribution in [2.45, 2.75) is 311 Å². The molecule has 710 valence electrons. The lowest BCUT2D eigenvalue weighted by Gasteiger charge is -2.42. The first-order valence-electron chi connectivity index (χ1n) is 44.2. The molecule has 0 aromatic rings. The van der Waals surface area contributed by atoms with Gasteiger partial charge in [0.2, 0.25) is 47.3 Å². The van der Waals surface area contributed by atoms with E-state index in [-0.39, 0.29) is 127 Å². The number of phosphoric acid groups is 1. The van der Waals surface area contributed by atoms with Gasteiger partial charge in [0.15, 0.2) is 18.9 Å². The zero-order valence-corrected chi connectivity index (χ0v) is 73.4. The number of hydrogen-bond acceptors (Lipinski definition) is 31. The number of allylic oxidation sites excluding steroid dienone is 1. The summed E-state index contributed by atoms with van der Waals surface area (Å²) in [4.78, 5) is 115. The summed E-state index contributed by atoms with van der Waals surface area (Å²) < 4.78 is 74.6. The molecule has 4 saturated heterocycles. The van der Waals surface area contributed by atoms with E-state index in [2.05, 4.69) is 41.7 Å². The number of carbonyl (C=O) groups is 8. The van der Waals surface area contributed by atoms with Crippen molar-refractivity contribution in [1.82, 2.24) is 42.1 Å². The van der Waals surface area contributed by atoms with Crippen LogP contribution in [-0.4, -0.2) is 332 Å². The summed E-state index contributed by atoms with van der Waals surface area (Å²) in [6.45, 7) is 3.32. The lowest BCUT2D eigenvalue weighted by molar-refractivity contribution is -0.270. The fourth-order valence-corrected chi connectivity index (χ4v) is 16.1. The second kappa shape index (κ2) is 60.2. The number of phosphoric ester groups is 1. The lowest BCUT2D eigenvalue weighted by atomic mass is 9.79. The van der Waals surface area contributed by atoms with Gasteiger partial charge < -0.3 is 147 Å². The van der Waals surface area contributed by atoms with Crippen LogP contribution in [0.4, 0.5) is 0 Å². The van der Waals surface area contributed by atoms with Gasteiger partial charge in [-0.1, -0.05) is 70.6 Å². The molecule has 18 atom stereocenters. The van der Waals surface area contributed by atoms with Crippen LogP contribution < -0.4 is 43.0 Å². The minimum atomic E-state index is -4.07. The molecule has 0 spiro atoms. The summed E-state index contributed by atoms with van der Waals surface area (Å²) in [5.74, 6) is -3.24. The van der Waals surface area contributed by atoms with Crippen molar-refractivity contribution in [2.75, 3.05) is 126 Å². The molecule has 1 saturated carbocycles. The number of amides is 8. The fourth-order valence-electron chi connectivity index (χ4n) is 15.5. The highest BCUT2D eigenvalue weighted by molar-refractivity contribution is 7.47. The molecule has 8 amide bonds. The van der Waals surface area contributed by atoms with Gasteiger partial charge in [-0.05, 0) is 114 Å². The molecule has 123 heavy (non-hydrogen) atoms. The number of carbonyl (C=O) groups excluding carboxylic acids is 8. The molecule has 1 aliphatic carbocycles. The van der Waals surface area contributed by atoms with Crippen molar-refractivity contribution in [3.05, 3.63) is 11.8 Å². The van der Waals surface area contributed by atoms with E-state index in [9.17, 15) is 93.8 Å². The quantitative estimate of drug-likeness (QED) is 0.0219. The molecule has 4 heterocycles. The molecule has 18 unspecified atom stereocenters. The van der Waals surface area contributed by atoms with Crippen molar-refractivity contribution in [1.29, 1.82) is 5.41 Å². The fraction of sp³-hybridized carbons (Fsp3) is 0.866. The maximum absolute atomic E-state index is 14.7. The monoisotopic (exact) mass is 1780 g/mol. The maximum Gasteiger partial charge on any atom is 0.471 e. The molecular weight excluding hydrogens is 1640 g/mol. The SMILES string of the molecule is COP(=O)(O)OCC1CCCC(C(=N)CCCCCCCCC(=O)N2CCC(C(=O)NC(COCCC(=O)NCCCCCCOC3OC(CO)C(O)C(O)C3NC(C)=O)(COCCC(=O)NCCCCCCOC3OC(CO)C(O)C(O)C3NC(C)=O)COCCC(=O)NCCCCCCOC3OC(CO)C(O)C(O)C3NC(C)=O)CC2)C(=CN)CC1. The van der Waals surface area contributed by atoms with E-state index < -0.39 is 149 Å². The topological polar surface area (TPSA) is 595 Å². The number of rotatable bonds is 61. The third kappa shape index (κ3) is 40.7. The lowest BCUT2D eigenvalue weighted by Crippen LogP contribution is -2.64. The number of hydrogen-bond donors (Lipinski definition) is 19. The zero-order valence-electron chi connectivity index (χ0n) is 72.5. The van der Waals surface area contributed by atoms with Gasteiger partial charge in [-0.2, -0.15) is 0 Å². The Morgan fingerprint density at radius 2 is 0.878 bits per heavy atom. The number of nitrogens with zero attached hydrogens (tertiary/aromatic N) is 1. The number of nitrogens with one attached hydrogen (secondary N) is 8. The molecule has 41 heteroatoms. The Bertz CT molecular complexity index is 2960. The van der Waals surface area contributed by atoms with Gasteiger partial charge in [0.1, 0.15) is 78.6 Å². The van der Waals surface area contributed by atoms with Crippen molar-refractivity contribution in [3.63, 3.8) is 0 Å². The van der Waals surface area contributed by atoms with E-state index in [1.54, 1.807) is 11.1 Å². The summed E-state index contributed by atoms with van der Waals surface area (Å²) >= 11 is 0. The molecule has 20 N–H and O–H groups in total. The number of aliphatic hydroxyl groups is 9. The Kier molecular flexibility index (Phi) is 52.8. The summed E-state index contributed by atoms with van der Waals surface area (Å²) in [7, 11) is -2.94. The van der Waals surface area contributed by atoms with E-state index >= 15 is 0 Å². The Morgan fingerprint density at radius 1 is 0.504 bits per heavy atom. The molecule has 0 aromatic heterocycles. The molecule has 0 aromatic carbocycles. The van der Waals surface area contributed by atoms with E-state index in [0.717, 1.165) is 70.5 Å². The smallest absolute Gasteiger partial charge is 0.405 e.